The summed E-state index contributed by atoms with van der Waals surface area (Å²) in [5.41, 5.74) is 11.7. The van der Waals surface area contributed by atoms with Crippen LogP contribution in [-0.4, -0.2) is 4.57 Å². The Labute approximate surface area is 268 Å². The SMILES string of the molecule is CC1(C)c2ccccc2-c2cc3ccc4ccc(-c5ccc6cc(-n7c8ccccc8c8ccccc87)ccc6c5)cc4c3cc21. The molecule has 216 valence electrons. The Bertz CT molecular complexity index is 2670. The molecule has 1 aliphatic rings. The highest BCUT2D eigenvalue weighted by Crippen LogP contribution is 2.50. The van der Waals surface area contributed by atoms with E-state index < -0.39 is 0 Å². The van der Waals surface area contributed by atoms with Gasteiger partial charge in [-0.3, -0.25) is 0 Å². The summed E-state index contributed by atoms with van der Waals surface area (Å²) in [4.78, 5) is 0. The average molecular weight is 586 g/mol. The number of rotatable bonds is 2. The zero-order valence-electron chi connectivity index (χ0n) is 25.9. The lowest BCUT2D eigenvalue weighted by atomic mass is 9.81. The fraction of sp³-hybridized carbons (Fsp3) is 0.0667. The second-order valence-electron chi connectivity index (χ2n) is 13.4. The predicted octanol–water partition coefficient (Wildman–Crippen LogP) is 12.2. The number of hydrogen-bond acceptors (Lipinski definition) is 0. The molecule has 0 saturated heterocycles. The van der Waals surface area contributed by atoms with Crippen LogP contribution in [0.25, 0.3) is 82.1 Å². The molecule has 1 aromatic heterocycles. The smallest absolute Gasteiger partial charge is 0.0541 e. The topological polar surface area (TPSA) is 4.93 Å². The third-order valence-corrected chi connectivity index (χ3v) is 10.5. The molecule has 0 spiro atoms. The third kappa shape index (κ3) is 3.51. The second-order valence-corrected chi connectivity index (χ2v) is 13.4. The molecule has 10 rings (SSSR count). The van der Waals surface area contributed by atoms with Gasteiger partial charge in [0.2, 0.25) is 0 Å². The molecule has 1 nitrogen and oxygen atoms in total. The fourth-order valence-corrected chi connectivity index (χ4v) is 8.18. The molecule has 0 aliphatic heterocycles. The molecule has 0 unspecified atom stereocenters. The van der Waals surface area contributed by atoms with Crippen molar-refractivity contribution in [3.63, 3.8) is 0 Å². The minimum atomic E-state index is -0.0175. The van der Waals surface area contributed by atoms with E-state index in [9.17, 15) is 0 Å². The summed E-state index contributed by atoms with van der Waals surface area (Å²) in [6.07, 6.45) is 0. The van der Waals surface area contributed by atoms with Gasteiger partial charge in [0, 0.05) is 21.9 Å². The summed E-state index contributed by atoms with van der Waals surface area (Å²) in [7, 11) is 0. The lowest BCUT2D eigenvalue weighted by Crippen LogP contribution is -2.14. The van der Waals surface area contributed by atoms with Gasteiger partial charge in [0.15, 0.2) is 0 Å². The van der Waals surface area contributed by atoms with Gasteiger partial charge in [-0.2, -0.15) is 0 Å². The Hall–Kier alpha value is -5.66. The number of aromatic nitrogens is 1. The highest BCUT2D eigenvalue weighted by molar-refractivity contribution is 6.11. The Morgan fingerprint density at radius 3 is 1.78 bits per heavy atom. The minimum absolute atomic E-state index is 0.0175. The monoisotopic (exact) mass is 585 g/mol. The van der Waals surface area contributed by atoms with Crippen LogP contribution in [0.4, 0.5) is 0 Å². The van der Waals surface area contributed by atoms with Gasteiger partial charge < -0.3 is 4.57 Å². The highest BCUT2D eigenvalue weighted by atomic mass is 15.0. The lowest BCUT2D eigenvalue weighted by molar-refractivity contribution is 0.661. The number of hydrogen-bond donors (Lipinski definition) is 0. The standard InChI is InChI=1S/C45H31N/c1-45(2)41-12-6-3-9-35(41)40-26-33-20-16-28-15-17-32(25-38(28)39(33)27-42(40)45)29-18-19-31-24-34(22-21-30(31)23-29)46-43-13-7-4-10-36(43)37-11-5-8-14-44(37)46/h3-27H,1-2H3. The Morgan fingerprint density at radius 1 is 0.391 bits per heavy atom. The molecule has 0 saturated carbocycles. The van der Waals surface area contributed by atoms with Crippen LogP contribution in [0.1, 0.15) is 25.0 Å². The normalized spacial score (nSPS) is 13.6. The fourth-order valence-electron chi connectivity index (χ4n) is 8.18. The van der Waals surface area contributed by atoms with Crippen molar-refractivity contribution in [2.24, 2.45) is 0 Å². The molecule has 1 heterocycles. The van der Waals surface area contributed by atoms with E-state index in [1.54, 1.807) is 0 Å². The first-order valence-corrected chi connectivity index (χ1v) is 16.2. The summed E-state index contributed by atoms with van der Waals surface area (Å²) < 4.78 is 2.39. The van der Waals surface area contributed by atoms with Gasteiger partial charge in [0.25, 0.3) is 0 Å². The quantitative estimate of drug-likeness (QED) is 0.178. The van der Waals surface area contributed by atoms with Gasteiger partial charge in [-0.15, -0.1) is 0 Å². The van der Waals surface area contributed by atoms with Gasteiger partial charge in [-0.1, -0.05) is 117 Å². The summed E-state index contributed by atoms with van der Waals surface area (Å²) in [6, 6.07) is 56.5. The van der Waals surface area contributed by atoms with Gasteiger partial charge in [0.05, 0.1) is 11.0 Å². The van der Waals surface area contributed by atoms with Crippen LogP contribution in [0.5, 0.6) is 0 Å². The van der Waals surface area contributed by atoms with Crippen LogP contribution in [0, 0.1) is 0 Å². The van der Waals surface area contributed by atoms with E-state index in [0.29, 0.717) is 0 Å². The molecule has 0 amide bonds. The van der Waals surface area contributed by atoms with E-state index in [4.69, 9.17) is 0 Å². The van der Waals surface area contributed by atoms with Crippen LogP contribution in [0.2, 0.25) is 0 Å². The van der Waals surface area contributed by atoms with Crippen molar-refractivity contribution in [1.29, 1.82) is 0 Å². The molecular weight excluding hydrogens is 555 g/mol. The first-order valence-electron chi connectivity index (χ1n) is 16.2. The van der Waals surface area contributed by atoms with E-state index >= 15 is 0 Å². The minimum Gasteiger partial charge on any atom is -0.309 e. The molecule has 0 bridgehead atoms. The van der Waals surface area contributed by atoms with Crippen LogP contribution in [0.15, 0.2) is 152 Å². The molecule has 0 atom stereocenters. The Balaban J connectivity index is 1.10. The predicted molar refractivity (Wildman–Crippen MR) is 196 cm³/mol. The van der Waals surface area contributed by atoms with Crippen molar-refractivity contribution in [3.8, 4) is 27.9 Å². The van der Waals surface area contributed by atoms with E-state index in [1.165, 1.54) is 93.2 Å². The van der Waals surface area contributed by atoms with Crippen molar-refractivity contribution in [2.45, 2.75) is 19.3 Å². The molecule has 0 radical (unpaired) electrons. The van der Waals surface area contributed by atoms with Crippen molar-refractivity contribution in [1.82, 2.24) is 4.57 Å². The summed E-state index contributed by atoms with van der Waals surface area (Å²) in [5.74, 6) is 0. The highest BCUT2D eigenvalue weighted by Gasteiger charge is 2.35. The van der Waals surface area contributed by atoms with E-state index in [1.807, 2.05) is 0 Å². The molecule has 46 heavy (non-hydrogen) atoms. The molecule has 0 fully saturated rings. The van der Waals surface area contributed by atoms with Crippen LogP contribution in [0.3, 0.4) is 0 Å². The van der Waals surface area contributed by atoms with Crippen LogP contribution in [-0.2, 0) is 5.41 Å². The summed E-state index contributed by atoms with van der Waals surface area (Å²) >= 11 is 0. The maximum Gasteiger partial charge on any atom is 0.0541 e. The molecular formula is C45H31N. The first kappa shape index (κ1) is 25.6. The Kier molecular flexibility index (Phi) is 5.12. The maximum atomic E-state index is 2.47. The number of benzene rings is 8. The molecule has 1 heteroatoms. The van der Waals surface area contributed by atoms with Gasteiger partial charge in [-0.05, 0) is 114 Å². The van der Waals surface area contributed by atoms with Crippen molar-refractivity contribution in [2.75, 3.05) is 0 Å². The summed E-state index contributed by atoms with van der Waals surface area (Å²) in [6.45, 7) is 4.73. The molecule has 9 aromatic rings. The zero-order chi connectivity index (χ0) is 30.6. The molecule has 1 aliphatic carbocycles. The number of nitrogens with zero attached hydrogens (tertiary/aromatic N) is 1. The Morgan fingerprint density at radius 2 is 0.978 bits per heavy atom. The van der Waals surface area contributed by atoms with E-state index in [2.05, 4.69) is 170 Å². The van der Waals surface area contributed by atoms with E-state index in [0.717, 1.165) is 0 Å². The lowest BCUT2D eigenvalue weighted by Gasteiger charge is -2.22. The van der Waals surface area contributed by atoms with Crippen LogP contribution < -0.4 is 0 Å². The van der Waals surface area contributed by atoms with Gasteiger partial charge in [0.1, 0.15) is 0 Å². The second kappa shape index (κ2) is 9.19. The van der Waals surface area contributed by atoms with Crippen molar-refractivity contribution >= 4 is 54.1 Å². The molecule has 0 N–H and O–H groups in total. The third-order valence-electron chi connectivity index (χ3n) is 10.5. The largest absolute Gasteiger partial charge is 0.309 e. The maximum absolute atomic E-state index is 2.47. The number of para-hydroxylation sites is 2. The van der Waals surface area contributed by atoms with Crippen molar-refractivity contribution < 1.29 is 0 Å². The first-order chi connectivity index (χ1) is 22.5. The average Bonchev–Trinajstić information content (AvgIpc) is 3.55. The van der Waals surface area contributed by atoms with Gasteiger partial charge >= 0.3 is 0 Å². The van der Waals surface area contributed by atoms with Crippen molar-refractivity contribution in [3.05, 3.63) is 163 Å². The summed E-state index contributed by atoms with van der Waals surface area (Å²) in [5, 5.41) is 10.3. The van der Waals surface area contributed by atoms with E-state index in [-0.39, 0.29) is 5.41 Å². The molecule has 8 aromatic carbocycles. The number of fused-ring (bicyclic) bond motifs is 10. The van der Waals surface area contributed by atoms with Gasteiger partial charge in [-0.25, -0.2) is 0 Å². The van der Waals surface area contributed by atoms with Crippen LogP contribution >= 0.6 is 0 Å². The zero-order valence-corrected chi connectivity index (χ0v) is 25.9.